The summed E-state index contributed by atoms with van der Waals surface area (Å²) in [6.07, 6.45) is 2.56. The second-order valence-electron chi connectivity index (χ2n) is 6.12. The highest BCUT2D eigenvalue weighted by Gasteiger charge is 2.33. The third-order valence-electron chi connectivity index (χ3n) is 4.38. The summed E-state index contributed by atoms with van der Waals surface area (Å²) in [5.74, 6) is 0.592. The number of halogens is 1. The van der Waals surface area contributed by atoms with Crippen molar-refractivity contribution >= 4 is 0 Å². The molecule has 0 aliphatic heterocycles. The Morgan fingerprint density at radius 2 is 1.76 bits per heavy atom. The van der Waals surface area contributed by atoms with E-state index in [0.717, 1.165) is 5.56 Å². The number of benzene rings is 2. The molecule has 0 aromatic heterocycles. The monoisotopic (exact) mass is 283 g/mol. The highest BCUT2D eigenvalue weighted by molar-refractivity contribution is 5.27. The summed E-state index contributed by atoms with van der Waals surface area (Å²) in [5, 5.41) is 3.69. The van der Waals surface area contributed by atoms with Crippen LogP contribution < -0.4 is 5.32 Å². The molecule has 0 heterocycles. The Morgan fingerprint density at radius 1 is 1.05 bits per heavy atom. The van der Waals surface area contributed by atoms with Gasteiger partial charge >= 0.3 is 0 Å². The normalized spacial score (nSPS) is 17.5. The molecule has 21 heavy (non-hydrogen) atoms. The highest BCUT2D eigenvalue weighted by atomic mass is 19.1. The van der Waals surface area contributed by atoms with Crippen molar-refractivity contribution in [2.45, 2.75) is 38.8 Å². The van der Waals surface area contributed by atoms with Gasteiger partial charge in [0.15, 0.2) is 0 Å². The fourth-order valence-electron chi connectivity index (χ4n) is 2.84. The molecule has 2 heteroatoms. The minimum Gasteiger partial charge on any atom is -0.303 e. The van der Waals surface area contributed by atoms with Crippen molar-refractivity contribution in [3.8, 4) is 0 Å². The quantitative estimate of drug-likeness (QED) is 0.820. The highest BCUT2D eigenvalue weighted by Crippen LogP contribution is 2.42. The van der Waals surface area contributed by atoms with Gasteiger partial charge in [-0.1, -0.05) is 42.5 Å². The van der Waals surface area contributed by atoms with Gasteiger partial charge in [-0.3, -0.25) is 0 Å². The minimum atomic E-state index is -0.121. The molecule has 1 N–H and O–H groups in total. The molecular formula is C19H22FN. The third kappa shape index (κ3) is 3.33. The maximum absolute atomic E-state index is 13.7. The molecule has 0 radical (unpaired) electrons. The fraction of sp³-hybridized carbons (Fsp3) is 0.368. The van der Waals surface area contributed by atoms with E-state index in [1.165, 1.54) is 18.4 Å². The van der Waals surface area contributed by atoms with E-state index >= 15 is 0 Å². The van der Waals surface area contributed by atoms with Gasteiger partial charge in [-0.15, -0.1) is 0 Å². The summed E-state index contributed by atoms with van der Waals surface area (Å²) in [7, 11) is 0. The molecule has 1 aliphatic rings. The zero-order valence-electron chi connectivity index (χ0n) is 12.6. The van der Waals surface area contributed by atoms with Crippen LogP contribution in [0.4, 0.5) is 4.39 Å². The van der Waals surface area contributed by atoms with E-state index in [2.05, 4.69) is 36.5 Å². The molecule has 2 unspecified atom stereocenters. The average molecular weight is 283 g/mol. The van der Waals surface area contributed by atoms with E-state index in [4.69, 9.17) is 0 Å². The van der Waals surface area contributed by atoms with Gasteiger partial charge in [0.25, 0.3) is 0 Å². The Hall–Kier alpha value is -1.67. The molecule has 110 valence electrons. The lowest BCUT2D eigenvalue weighted by Gasteiger charge is -2.24. The van der Waals surface area contributed by atoms with Crippen LogP contribution in [0.1, 0.15) is 48.5 Å². The molecule has 0 saturated heterocycles. The Balaban J connectivity index is 1.78. The van der Waals surface area contributed by atoms with Gasteiger partial charge in [0, 0.05) is 12.1 Å². The van der Waals surface area contributed by atoms with Crippen LogP contribution in [0, 0.1) is 18.7 Å². The molecular weight excluding hydrogens is 261 g/mol. The Kier molecular flexibility index (Phi) is 4.07. The predicted octanol–water partition coefficient (Wildman–Crippen LogP) is 4.94. The molecule has 1 saturated carbocycles. The van der Waals surface area contributed by atoms with Crippen LogP contribution in [0.15, 0.2) is 48.5 Å². The summed E-state index contributed by atoms with van der Waals surface area (Å²) in [6.45, 7) is 3.91. The molecule has 0 bridgehead atoms. The van der Waals surface area contributed by atoms with Gasteiger partial charge in [-0.05, 0) is 55.4 Å². The molecule has 1 nitrogen and oxygen atoms in total. The molecule has 1 fully saturated rings. The van der Waals surface area contributed by atoms with Crippen LogP contribution in [-0.4, -0.2) is 0 Å². The smallest absolute Gasteiger partial charge is 0.126 e. The molecule has 0 spiro atoms. The lowest BCUT2D eigenvalue weighted by atomic mass is 9.99. The zero-order chi connectivity index (χ0) is 14.8. The first kappa shape index (κ1) is 14.3. The van der Waals surface area contributed by atoms with Crippen molar-refractivity contribution in [1.82, 2.24) is 5.32 Å². The van der Waals surface area contributed by atoms with Gasteiger partial charge in [-0.2, -0.15) is 0 Å². The largest absolute Gasteiger partial charge is 0.303 e. The number of rotatable bonds is 5. The van der Waals surface area contributed by atoms with Crippen molar-refractivity contribution in [3.63, 3.8) is 0 Å². The van der Waals surface area contributed by atoms with Crippen molar-refractivity contribution in [1.29, 1.82) is 0 Å². The third-order valence-corrected chi connectivity index (χ3v) is 4.38. The topological polar surface area (TPSA) is 12.0 Å². The van der Waals surface area contributed by atoms with Crippen molar-refractivity contribution in [2.24, 2.45) is 5.92 Å². The van der Waals surface area contributed by atoms with Gasteiger partial charge in [0.05, 0.1) is 0 Å². The predicted molar refractivity (Wildman–Crippen MR) is 84.6 cm³/mol. The van der Waals surface area contributed by atoms with E-state index in [-0.39, 0.29) is 11.9 Å². The lowest BCUT2D eigenvalue weighted by molar-refractivity contribution is 0.426. The Morgan fingerprint density at radius 3 is 2.38 bits per heavy atom. The second kappa shape index (κ2) is 5.98. The molecule has 0 amide bonds. The van der Waals surface area contributed by atoms with E-state index in [1.807, 2.05) is 18.2 Å². The Labute approximate surface area is 126 Å². The van der Waals surface area contributed by atoms with Crippen molar-refractivity contribution in [3.05, 3.63) is 71.0 Å². The Bertz CT molecular complexity index is 604. The van der Waals surface area contributed by atoms with Gasteiger partial charge in [-0.25, -0.2) is 4.39 Å². The van der Waals surface area contributed by atoms with Crippen LogP contribution in [0.25, 0.3) is 0 Å². The van der Waals surface area contributed by atoms with Crippen LogP contribution in [0.2, 0.25) is 0 Å². The van der Waals surface area contributed by atoms with Gasteiger partial charge < -0.3 is 5.32 Å². The lowest BCUT2D eigenvalue weighted by Crippen LogP contribution is -2.26. The number of hydrogen-bond acceptors (Lipinski definition) is 1. The van der Waals surface area contributed by atoms with Gasteiger partial charge in [0.1, 0.15) is 5.82 Å². The fourth-order valence-corrected chi connectivity index (χ4v) is 2.84. The number of nitrogens with one attached hydrogen (secondary N) is 1. The minimum absolute atomic E-state index is 0.121. The molecule has 1 aliphatic carbocycles. The molecule has 2 aromatic rings. The SMILES string of the molecule is Cc1ccc(C(C)NC(c2ccccc2)C2CC2)cc1F. The summed E-state index contributed by atoms with van der Waals surface area (Å²) >= 11 is 0. The van der Waals surface area contributed by atoms with Crippen LogP contribution in [-0.2, 0) is 0 Å². The summed E-state index contributed by atoms with van der Waals surface area (Å²) in [6, 6.07) is 16.6. The van der Waals surface area contributed by atoms with Crippen LogP contribution in [0.3, 0.4) is 0 Å². The van der Waals surface area contributed by atoms with E-state index in [9.17, 15) is 4.39 Å². The van der Waals surface area contributed by atoms with E-state index in [1.54, 1.807) is 13.0 Å². The van der Waals surface area contributed by atoms with Crippen molar-refractivity contribution < 1.29 is 4.39 Å². The van der Waals surface area contributed by atoms with E-state index < -0.39 is 0 Å². The molecule has 2 aromatic carbocycles. The average Bonchev–Trinajstić information content (AvgIpc) is 3.33. The zero-order valence-corrected chi connectivity index (χ0v) is 12.6. The molecule has 2 atom stereocenters. The number of hydrogen-bond donors (Lipinski definition) is 1. The van der Waals surface area contributed by atoms with Crippen LogP contribution >= 0.6 is 0 Å². The van der Waals surface area contributed by atoms with Crippen LogP contribution in [0.5, 0.6) is 0 Å². The van der Waals surface area contributed by atoms with Crippen molar-refractivity contribution in [2.75, 3.05) is 0 Å². The first-order valence-corrected chi connectivity index (χ1v) is 7.72. The first-order valence-electron chi connectivity index (χ1n) is 7.72. The molecule has 3 rings (SSSR count). The van der Waals surface area contributed by atoms with Gasteiger partial charge in [0.2, 0.25) is 0 Å². The second-order valence-corrected chi connectivity index (χ2v) is 6.12. The maximum atomic E-state index is 13.7. The standard InChI is InChI=1S/C19H22FN/c1-13-8-9-17(12-18(13)20)14(2)21-19(16-10-11-16)15-6-4-3-5-7-15/h3-9,12,14,16,19,21H,10-11H2,1-2H3. The van der Waals surface area contributed by atoms with E-state index in [0.29, 0.717) is 17.5 Å². The summed E-state index contributed by atoms with van der Waals surface area (Å²) in [5.41, 5.74) is 3.05. The summed E-state index contributed by atoms with van der Waals surface area (Å²) in [4.78, 5) is 0. The first-order chi connectivity index (χ1) is 10.1. The maximum Gasteiger partial charge on any atom is 0.126 e. The number of aryl methyl sites for hydroxylation is 1. The summed E-state index contributed by atoms with van der Waals surface area (Å²) < 4.78 is 13.7.